The molecular formula is C12H21NO14S. The summed E-state index contributed by atoms with van der Waals surface area (Å²) in [5.41, 5.74) is 0. The number of hydrogen-bond donors (Lipinski definition) is 9. The van der Waals surface area contributed by atoms with Crippen molar-refractivity contribution in [3.63, 3.8) is 0 Å². The quantitative estimate of drug-likeness (QED) is 0.176. The molecule has 2 aliphatic rings. The van der Waals surface area contributed by atoms with E-state index >= 15 is 0 Å². The van der Waals surface area contributed by atoms with Gasteiger partial charge in [-0.1, -0.05) is 0 Å². The summed E-state index contributed by atoms with van der Waals surface area (Å²) in [6, 6.07) is -1.92. The molecule has 0 aromatic rings. The molecule has 0 aromatic heterocycles. The Bertz CT molecular complexity index is 659. The number of ether oxygens (including phenoxy) is 3. The summed E-state index contributed by atoms with van der Waals surface area (Å²) in [5, 5.41) is 67.5. The number of carboxylic acids is 1. The maximum absolute atomic E-state index is 11.3. The molecule has 0 radical (unpaired) electrons. The van der Waals surface area contributed by atoms with E-state index in [4.69, 9.17) is 14.0 Å². The van der Waals surface area contributed by atoms with Crippen LogP contribution < -0.4 is 4.72 Å². The highest BCUT2D eigenvalue weighted by Gasteiger charge is 2.53. The Kier molecular flexibility index (Phi) is 7.29. The van der Waals surface area contributed by atoms with E-state index in [1.165, 1.54) is 4.72 Å². The number of hydrogen-bond acceptors (Lipinski definition) is 12. The Morgan fingerprint density at radius 3 is 2.11 bits per heavy atom. The van der Waals surface area contributed by atoms with Crippen LogP contribution in [0.1, 0.15) is 0 Å². The summed E-state index contributed by atoms with van der Waals surface area (Å²) < 4.78 is 47.6. The van der Waals surface area contributed by atoms with Crippen LogP contribution in [0.5, 0.6) is 0 Å². The third-order valence-corrected chi connectivity index (χ3v) is 4.83. The first kappa shape index (κ1) is 23.3. The Morgan fingerprint density at radius 1 is 1.00 bits per heavy atom. The molecule has 2 heterocycles. The van der Waals surface area contributed by atoms with Crippen molar-refractivity contribution in [1.29, 1.82) is 0 Å². The molecule has 10 atom stereocenters. The van der Waals surface area contributed by atoms with E-state index < -0.39 is 84.2 Å². The van der Waals surface area contributed by atoms with Gasteiger partial charge in [0.05, 0.1) is 6.61 Å². The smallest absolute Gasteiger partial charge is 0.335 e. The van der Waals surface area contributed by atoms with Crippen LogP contribution in [0.15, 0.2) is 0 Å². The average Bonchev–Trinajstić information content (AvgIpc) is 2.59. The number of aliphatic carboxylic acids is 1. The molecule has 9 N–H and O–H groups in total. The molecule has 0 bridgehead atoms. The second-order valence-electron chi connectivity index (χ2n) is 6.19. The normalized spacial score (nSPS) is 45.0. The van der Waals surface area contributed by atoms with E-state index in [2.05, 4.69) is 4.74 Å². The summed E-state index contributed by atoms with van der Waals surface area (Å²) in [6.07, 6.45) is -17.5. The van der Waals surface area contributed by atoms with Gasteiger partial charge in [-0.3, -0.25) is 4.55 Å². The highest BCUT2D eigenvalue weighted by atomic mass is 32.2. The zero-order valence-corrected chi connectivity index (χ0v) is 14.7. The summed E-state index contributed by atoms with van der Waals surface area (Å²) in [5.74, 6) is -1.73. The van der Waals surface area contributed by atoms with Gasteiger partial charge in [-0.25, -0.2) is 4.79 Å². The fraction of sp³-hybridized carbons (Fsp3) is 0.917. The number of aliphatic hydroxyl groups excluding tert-OH is 6. The third-order valence-electron chi connectivity index (χ3n) is 4.26. The fourth-order valence-corrected chi connectivity index (χ4v) is 3.45. The van der Waals surface area contributed by atoms with Crippen LogP contribution in [0.3, 0.4) is 0 Å². The van der Waals surface area contributed by atoms with E-state index in [0.717, 1.165) is 0 Å². The molecule has 164 valence electrons. The van der Waals surface area contributed by atoms with E-state index in [9.17, 15) is 49.0 Å². The molecule has 0 saturated carbocycles. The summed E-state index contributed by atoms with van der Waals surface area (Å²) >= 11 is 0. The van der Waals surface area contributed by atoms with Crippen LogP contribution in [0, 0.1) is 0 Å². The highest BCUT2D eigenvalue weighted by molar-refractivity contribution is 7.83. The molecule has 0 amide bonds. The van der Waals surface area contributed by atoms with E-state index in [1.807, 2.05) is 0 Å². The Hall–Kier alpha value is -1.02. The molecule has 2 fully saturated rings. The molecule has 0 spiro atoms. The van der Waals surface area contributed by atoms with Crippen LogP contribution in [-0.2, 0) is 29.3 Å². The van der Waals surface area contributed by atoms with Crippen molar-refractivity contribution >= 4 is 16.3 Å². The Balaban J connectivity index is 2.32. The summed E-state index contributed by atoms with van der Waals surface area (Å²) in [6.45, 7) is -0.871. The minimum absolute atomic E-state index is 0.871. The molecule has 0 aromatic carbocycles. The topological polar surface area (TPSA) is 253 Å². The van der Waals surface area contributed by atoms with Crippen molar-refractivity contribution in [3.05, 3.63) is 0 Å². The number of nitrogens with one attached hydrogen (secondary N) is 1. The molecule has 2 rings (SSSR count). The zero-order chi connectivity index (χ0) is 21.4. The van der Waals surface area contributed by atoms with Crippen molar-refractivity contribution in [2.75, 3.05) is 6.61 Å². The number of rotatable bonds is 6. The number of carboxylic acid groups (broad SMARTS) is 1. The maximum atomic E-state index is 11.3. The molecule has 2 aliphatic heterocycles. The number of aliphatic hydroxyl groups is 6. The Morgan fingerprint density at radius 2 is 1.61 bits per heavy atom. The predicted octanol–water partition coefficient (Wildman–Crippen LogP) is -5.90. The van der Waals surface area contributed by atoms with Crippen LogP contribution >= 0.6 is 0 Å². The molecule has 28 heavy (non-hydrogen) atoms. The van der Waals surface area contributed by atoms with Crippen molar-refractivity contribution in [2.45, 2.75) is 61.3 Å². The van der Waals surface area contributed by atoms with Gasteiger partial charge in [0, 0.05) is 0 Å². The van der Waals surface area contributed by atoms with Gasteiger partial charge in [0.2, 0.25) is 0 Å². The summed E-state index contributed by atoms with van der Waals surface area (Å²) in [4.78, 5) is 11.3. The number of carbonyl (C=O) groups is 1. The molecule has 15 nitrogen and oxygen atoms in total. The van der Waals surface area contributed by atoms with Gasteiger partial charge >= 0.3 is 16.3 Å². The minimum Gasteiger partial charge on any atom is -0.479 e. The average molecular weight is 435 g/mol. The van der Waals surface area contributed by atoms with Crippen LogP contribution in [0.4, 0.5) is 0 Å². The largest absolute Gasteiger partial charge is 0.479 e. The van der Waals surface area contributed by atoms with E-state index in [-0.39, 0.29) is 0 Å². The SMILES string of the molecule is O=C(O)[C@@H]1O[C@@H](O)[C@H](O)[C@@H](O)[C@@H]1O[C@H]1O[C@H](CO)[C@@H](O)[C@H](O)[C@H]1NS(=O)(=O)O. The van der Waals surface area contributed by atoms with Crippen molar-refractivity contribution in [3.8, 4) is 0 Å². The third kappa shape index (κ3) is 4.93. The van der Waals surface area contributed by atoms with Gasteiger partial charge < -0.3 is 50.0 Å². The molecule has 16 heteroatoms. The fourth-order valence-electron chi connectivity index (χ4n) is 2.85. The first-order chi connectivity index (χ1) is 12.9. The standard InChI is InChI=1S/C12H21NO14S/c14-1-2-4(15)5(16)3(13-28(22,23)24)12(25-2)27-8-6(17)7(18)11(21)26-9(8)10(19)20/h2-9,11-18,21H,1H2,(H,19,20)(H,22,23,24)/t2-,3-,4-,5-,6-,7-,8+,9-,11-,12-/m1/s1. The first-order valence-corrected chi connectivity index (χ1v) is 9.26. The van der Waals surface area contributed by atoms with Crippen LogP contribution in [-0.4, -0.2) is 123 Å². The van der Waals surface area contributed by atoms with Crippen molar-refractivity contribution in [2.24, 2.45) is 0 Å². The van der Waals surface area contributed by atoms with Gasteiger partial charge in [0.1, 0.15) is 42.7 Å². The Labute approximate surface area is 157 Å². The van der Waals surface area contributed by atoms with Gasteiger partial charge in [0.15, 0.2) is 18.7 Å². The monoisotopic (exact) mass is 435 g/mol. The van der Waals surface area contributed by atoms with Gasteiger partial charge in [0.25, 0.3) is 0 Å². The molecule has 2 saturated heterocycles. The van der Waals surface area contributed by atoms with Crippen molar-refractivity contribution < 1.29 is 67.7 Å². The lowest BCUT2D eigenvalue weighted by Gasteiger charge is -2.45. The van der Waals surface area contributed by atoms with Gasteiger partial charge in [-0.05, 0) is 0 Å². The first-order valence-electron chi connectivity index (χ1n) is 7.82. The second-order valence-corrected chi connectivity index (χ2v) is 7.38. The predicted molar refractivity (Wildman–Crippen MR) is 81.6 cm³/mol. The lowest BCUT2D eigenvalue weighted by molar-refractivity contribution is -0.334. The van der Waals surface area contributed by atoms with E-state index in [0.29, 0.717) is 0 Å². The van der Waals surface area contributed by atoms with Crippen LogP contribution in [0.25, 0.3) is 0 Å². The van der Waals surface area contributed by atoms with E-state index in [1.54, 1.807) is 0 Å². The van der Waals surface area contributed by atoms with Gasteiger partial charge in [-0.15, -0.1) is 0 Å². The molecule has 0 aliphatic carbocycles. The zero-order valence-electron chi connectivity index (χ0n) is 13.9. The summed E-state index contributed by atoms with van der Waals surface area (Å²) in [7, 11) is -4.98. The van der Waals surface area contributed by atoms with Crippen LogP contribution in [0.2, 0.25) is 0 Å². The molecule has 0 unspecified atom stereocenters. The highest BCUT2D eigenvalue weighted by Crippen LogP contribution is 2.29. The second kappa shape index (κ2) is 8.78. The molecular weight excluding hydrogens is 414 g/mol. The maximum Gasteiger partial charge on any atom is 0.335 e. The van der Waals surface area contributed by atoms with Gasteiger partial charge in [-0.2, -0.15) is 13.1 Å². The lowest BCUT2D eigenvalue weighted by Crippen LogP contribution is -2.68. The lowest BCUT2D eigenvalue weighted by atomic mass is 9.96. The minimum atomic E-state index is -4.98. The van der Waals surface area contributed by atoms with Crippen molar-refractivity contribution in [1.82, 2.24) is 4.72 Å².